The minimum atomic E-state index is 0.0284. The second-order valence-electron chi connectivity index (χ2n) is 11.2. The lowest BCUT2D eigenvalue weighted by Gasteiger charge is -2.42. The molecule has 38 heavy (non-hydrogen) atoms. The maximum absolute atomic E-state index is 9.47. The van der Waals surface area contributed by atoms with Crippen LogP contribution in [-0.4, -0.2) is 0 Å². The van der Waals surface area contributed by atoms with E-state index in [4.69, 9.17) is 6.57 Å². The van der Waals surface area contributed by atoms with Gasteiger partial charge in [-0.1, -0.05) is 73.5 Å². The lowest BCUT2D eigenvalue weighted by Crippen LogP contribution is -2.31. The SMILES string of the molecule is [C-]#[N+]C(C#N)=C1C=C2C=C(c3ccc(N(c4ccc(C)cc4)c4ccc(C)cc4)cc3)CCC2C(C)(C)C1. The molecule has 1 atom stereocenters. The maximum atomic E-state index is 9.47. The van der Waals surface area contributed by atoms with Crippen molar-refractivity contribution in [2.45, 2.75) is 47.0 Å². The zero-order valence-corrected chi connectivity index (χ0v) is 22.6. The summed E-state index contributed by atoms with van der Waals surface area (Å²) in [6.07, 6.45) is 7.30. The van der Waals surface area contributed by atoms with Crippen LogP contribution < -0.4 is 4.90 Å². The standard InChI is InChI=1S/C35H33N3/c1-24-6-13-30(14-7-24)38(31-15-8-25(2)9-16-31)32-17-10-26(11-18-32)27-12-19-33-28(20-27)21-29(22-35(33,3)4)34(23-36)37-5/h6-11,13-18,20-21,33H,12,19,22H2,1-4H3. The smallest absolute Gasteiger partial charge is 0.265 e. The van der Waals surface area contributed by atoms with Crippen LogP contribution in [0.3, 0.4) is 0 Å². The number of nitrogens with zero attached hydrogens (tertiary/aromatic N) is 3. The van der Waals surface area contributed by atoms with Crippen LogP contribution >= 0.6 is 0 Å². The molecule has 188 valence electrons. The fourth-order valence-electron chi connectivity index (χ4n) is 5.90. The Bertz CT molecular complexity index is 1460. The number of rotatable bonds is 4. The van der Waals surface area contributed by atoms with E-state index in [9.17, 15) is 5.26 Å². The average molecular weight is 496 g/mol. The van der Waals surface area contributed by atoms with Crippen LogP contribution in [0.25, 0.3) is 10.4 Å². The predicted octanol–water partition coefficient (Wildman–Crippen LogP) is 9.62. The van der Waals surface area contributed by atoms with Crippen molar-refractivity contribution in [2.75, 3.05) is 4.90 Å². The highest BCUT2D eigenvalue weighted by Gasteiger charge is 2.38. The Hall–Kier alpha value is -4.34. The van der Waals surface area contributed by atoms with Gasteiger partial charge in [0.15, 0.2) is 0 Å². The van der Waals surface area contributed by atoms with Crippen LogP contribution in [0.5, 0.6) is 0 Å². The highest BCUT2D eigenvalue weighted by molar-refractivity contribution is 5.79. The molecule has 0 N–H and O–H groups in total. The normalized spacial score (nSPS) is 19.3. The van der Waals surface area contributed by atoms with Gasteiger partial charge in [0.25, 0.3) is 5.70 Å². The molecular weight excluding hydrogens is 462 g/mol. The summed E-state index contributed by atoms with van der Waals surface area (Å²) in [4.78, 5) is 5.79. The van der Waals surface area contributed by atoms with Crippen molar-refractivity contribution in [1.82, 2.24) is 0 Å². The lowest BCUT2D eigenvalue weighted by atomic mass is 9.62. The van der Waals surface area contributed by atoms with Gasteiger partial charge in [0, 0.05) is 17.1 Å². The minimum absolute atomic E-state index is 0.0284. The molecule has 0 saturated heterocycles. The largest absolute Gasteiger partial charge is 0.311 e. The number of allylic oxidation sites excluding steroid dienone is 6. The third kappa shape index (κ3) is 4.93. The Morgan fingerprint density at radius 2 is 1.39 bits per heavy atom. The van der Waals surface area contributed by atoms with Gasteiger partial charge in [0.2, 0.25) is 0 Å². The fourth-order valence-corrected chi connectivity index (χ4v) is 5.90. The monoisotopic (exact) mass is 495 g/mol. The predicted molar refractivity (Wildman–Crippen MR) is 157 cm³/mol. The molecule has 3 nitrogen and oxygen atoms in total. The molecule has 0 amide bonds. The molecule has 2 aliphatic carbocycles. The van der Waals surface area contributed by atoms with E-state index in [0.717, 1.165) is 41.9 Å². The molecule has 0 saturated carbocycles. The second-order valence-corrected chi connectivity index (χ2v) is 11.2. The van der Waals surface area contributed by atoms with Crippen LogP contribution in [0.15, 0.2) is 102 Å². The van der Waals surface area contributed by atoms with Crippen molar-refractivity contribution >= 4 is 22.6 Å². The van der Waals surface area contributed by atoms with Crippen molar-refractivity contribution in [3.63, 3.8) is 0 Å². The second kappa shape index (κ2) is 10.2. The van der Waals surface area contributed by atoms with Gasteiger partial charge in [-0.2, -0.15) is 0 Å². The van der Waals surface area contributed by atoms with E-state index < -0.39 is 0 Å². The zero-order valence-electron chi connectivity index (χ0n) is 22.6. The van der Waals surface area contributed by atoms with E-state index in [1.54, 1.807) is 0 Å². The minimum Gasteiger partial charge on any atom is -0.311 e. The highest BCUT2D eigenvalue weighted by atomic mass is 15.1. The van der Waals surface area contributed by atoms with Crippen molar-refractivity contribution in [3.05, 3.63) is 130 Å². The number of fused-ring (bicyclic) bond motifs is 1. The summed E-state index contributed by atoms with van der Waals surface area (Å²) in [5, 5.41) is 9.47. The van der Waals surface area contributed by atoms with Gasteiger partial charge in [-0.25, -0.2) is 10.1 Å². The summed E-state index contributed by atoms with van der Waals surface area (Å²) in [7, 11) is 0. The van der Waals surface area contributed by atoms with Crippen molar-refractivity contribution in [1.29, 1.82) is 5.26 Å². The summed E-state index contributed by atoms with van der Waals surface area (Å²) < 4.78 is 0. The van der Waals surface area contributed by atoms with E-state index >= 15 is 0 Å². The van der Waals surface area contributed by atoms with Crippen LogP contribution in [-0.2, 0) is 0 Å². The first kappa shape index (κ1) is 25.3. The van der Waals surface area contributed by atoms with E-state index in [-0.39, 0.29) is 11.1 Å². The summed E-state index contributed by atoms with van der Waals surface area (Å²) >= 11 is 0. The molecule has 0 aromatic heterocycles. The molecule has 1 unspecified atom stereocenters. The van der Waals surface area contributed by atoms with E-state index in [1.165, 1.54) is 27.8 Å². The molecule has 0 aliphatic heterocycles. The van der Waals surface area contributed by atoms with Gasteiger partial charge in [-0.05, 0) is 103 Å². The lowest BCUT2D eigenvalue weighted by molar-refractivity contribution is 0.227. The quantitative estimate of drug-likeness (QED) is 0.266. The molecule has 0 radical (unpaired) electrons. The Balaban J connectivity index is 1.51. The maximum Gasteiger partial charge on any atom is 0.265 e. The average Bonchev–Trinajstić information content (AvgIpc) is 2.91. The third-order valence-corrected chi connectivity index (χ3v) is 7.98. The van der Waals surface area contributed by atoms with Crippen LogP contribution in [0.1, 0.15) is 49.8 Å². The van der Waals surface area contributed by atoms with E-state index in [2.05, 4.69) is 128 Å². The molecule has 3 heteroatoms. The first-order valence-corrected chi connectivity index (χ1v) is 13.3. The summed E-state index contributed by atoms with van der Waals surface area (Å²) in [6.45, 7) is 16.2. The van der Waals surface area contributed by atoms with Crippen LogP contribution in [0.2, 0.25) is 0 Å². The number of aryl methyl sites for hydroxylation is 2. The molecule has 2 aliphatic rings. The zero-order chi connectivity index (χ0) is 26.9. The first-order valence-electron chi connectivity index (χ1n) is 13.3. The van der Waals surface area contributed by atoms with Crippen LogP contribution in [0.4, 0.5) is 17.1 Å². The summed E-state index contributed by atoms with van der Waals surface area (Å²) in [5.41, 5.74) is 10.8. The van der Waals surface area contributed by atoms with Gasteiger partial charge < -0.3 is 4.90 Å². The third-order valence-electron chi connectivity index (χ3n) is 7.98. The van der Waals surface area contributed by atoms with Crippen LogP contribution in [0, 0.1) is 43.1 Å². The van der Waals surface area contributed by atoms with E-state index in [0.29, 0.717) is 5.92 Å². The molecule has 0 spiro atoms. The van der Waals surface area contributed by atoms with Crippen molar-refractivity contribution in [3.8, 4) is 6.07 Å². The molecular formula is C35H33N3. The summed E-state index contributed by atoms with van der Waals surface area (Å²) in [6, 6.07) is 28.3. The van der Waals surface area contributed by atoms with E-state index in [1.807, 2.05) is 0 Å². The van der Waals surface area contributed by atoms with Crippen molar-refractivity contribution in [2.24, 2.45) is 11.3 Å². The molecule has 0 heterocycles. The fraction of sp³-hybridized carbons (Fsp3) is 0.257. The van der Waals surface area contributed by atoms with Gasteiger partial charge in [0.05, 0.1) is 12.6 Å². The molecule has 3 aromatic rings. The Morgan fingerprint density at radius 1 is 0.868 bits per heavy atom. The topological polar surface area (TPSA) is 31.4 Å². The van der Waals surface area contributed by atoms with Crippen molar-refractivity contribution < 1.29 is 0 Å². The van der Waals surface area contributed by atoms with Gasteiger partial charge in [-0.3, -0.25) is 0 Å². The highest BCUT2D eigenvalue weighted by Crippen LogP contribution is 2.50. The number of anilines is 3. The van der Waals surface area contributed by atoms with Gasteiger partial charge in [0.1, 0.15) is 0 Å². The number of benzene rings is 3. The van der Waals surface area contributed by atoms with Gasteiger partial charge >= 0.3 is 0 Å². The van der Waals surface area contributed by atoms with Gasteiger partial charge in [-0.15, -0.1) is 0 Å². The first-order chi connectivity index (χ1) is 18.3. The Morgan fingerprint density at radius 3 is 1.89 bits per heavy atom. The summed E-state index contributed by atoms with van der Waals surface area (Å²) in [5.74, 6) is 0.443. The Labute approximate surface area is 226 Å². The number of nitriles is 1. The molecule has 3 aromatic carbocycles. The molecule has 0 bridgehead atoms. The molecule has 5 rings (SSSR count). The number of hydrogen-bond donors (Lipinski definition) is 0. The number of hydrogen-bond acceptors (Lipinski definition) is 2. The molecule has 0 fully saturated rings. The Kier molecular flexibility index (Phi) is 6.79.